The molecule has 2 aromatic heterocycles. The van der Waals surface area contributed by atoms with Crippen LogP contribution in [0.4, 0.5) is 0 Å². The third-order valence-electron chi connectivity index (χ3n) is 5.82. The largest absolute Gasteiger partial charge is 0.478 e. The molecule has 1 aliphatic rings. The van der Waals surface area contributed by atoms with E-state index in [0.29, 0.717) is 0 Å². The van der Waals surface area contributed by atoms with Crippen LogP contribution in [0.1, 0.15) is 58.4 Å². The highest BCUT2D eigenvalue weighted by atomic mass is 32.1. The molecule has 1 saturated heterocycles. The summed E-state index contributed by atoms with van der Waals surface area (Å²) < 4.78 is 2.17. The molecule has 6 nitrogen and oxygen atoms in total. The molecule has 0 amide bonds. The molecular formula is C24H26N4O2S. The van der Waals surface area contributed by atoms with Crippen molar-refractivity contribution in [3.63, 3.8) is 0 Å². The number of nitrogens with one attached hydrogen (secondary N) is 1. The maximum absolute atomic E-state index is 11.2. The van der Waals surface area contributed by atoms with Crippen LogP contribution in [0.25, 0.3) is 5.69 Å². The van der Waals surface area contributed by atoms with Gasteiger partial charge in [0.05, 0.1) is 23.3 Å². The number of benzene rings is 1. The highest BCUT2D eigenvalue weighted by molar-refractivity contribution is 7.80. The van der Waals surface area contributed by atoms with Crippen LogP contribution < -0.4 is 5.32 Å². The minimum atomic E-state index is -0.924. The molecular weight excluding hydrogens is 408 g/mol. The Kier molecular flexibility index (Phi) is 5.78. The van der Waals surface area contributed by atoms with Gasteiger partial charge in [0.25, 0.3) is 0 Å². The minimum absolute atomic E-state index is 0.0283. The van der Waals surface area contributed by atoms with Gasteiger partial charge in [0.2, 0.25) is 0 Å². The van der Waals surface area contributed by atoms with Gasteiger partial charge in [0, 0.05) is 29.8 Å². The monoisotopic (exact) mass is 434 g/mol. The van der Waals surface area contributed by atoms with E-state index in [2.05, 4.69) is 46.6 Å². The predicted molar refractivity (Wildman–Crippen MR) is 125 cm³/mol. The molecule has 0 bridgehead atoms. The number of carboxylic acid groups (broad SMARTS) is 1. The van der Waals surface area contributed by atoms with E-state index in [4.69, 9.17) is 12.2 Å². The predicted octanol–water partition coefficient (Wildman–Crippen LogP) is 4.57. The summed E-state index contributed by atoms with van der Waals surface area (Å²) in [7, 11) is 0. The zero-order valence-corrected chi connectivity index (χ0v) is 18.7. The number of pyridine rings is 1. The standard InChI is InChI=1S/C24H26N4O2S/c1-4-13-27-22(21(26-24(27)31)20-7-5-6-12-25-20)19-14-15(2)28(16(19)3)18-10-8-17(9-11-18)23(29)30/h5-12,14,21-22H,4,13H2,1-3H3,(H,26,31)(H,29,30). The first-order valence-corrected chi connectivity index (χ1v) is 10.8. The average molecular weight is 435 g/mol. The van der Waals surface area contributed by atoms with E-state index in [1.807, 2.05) is 36.5 Å². The smallest absolute Gasteiger partial charge is 0.335 e. The summed E-state index contributed by atoms with van der Waals surface area (Å²) in [6, 6.07) is 15.1. The Morgan fingerprint density at radius 2 is 1.94 bits per heavy atom. The summed E-state index contributed by atoms with van der Waals surface area (Å²) in [5.74, 6) is -0.924. The zero-order valence-electron chi connectivity index (χ0n) is 17.9. The van der Waals surface area contributed by atoms with Crippen molar-refractivity contribution in [2.24, 2.45) is 0 Å². The molecule has 0 saturated carbocycles. The molecule has 1 aromatic carbocycles. The van der Waals surface area contributed by atoms with Crippen molar-refractivity contribution in [1.29, 1.82) is 0 Å². The van der Waals surface area contributed by atoms with Crippen molar-refractivity contribution in [2.75, 3.05) is 6.54 Å². The molecule has 1 aliphatic heterocycles. The Morgan fingerprint density at radius 1 is 1.19 bits per heavy atom. The summed E-state index contributed by atoms with van der Waals surface area (Å²) in [6.45, 7) is 7.19. The second-order valence-electron chi connectivity index (χ2n) is 7.83. The first kappa shape index (κ1) is 21.1. The SMILES string of the molecule is CCCN1C(=S)NC(c2ccccn2)C1c1cc(C)n(-c2ccc(C(=O)O)cc2)c1C. The first-order valence-electron chi connectivity index (χ1n) is 10.4. The van der Waals surface area contributed by atoms with Gasteiger partial charge in [-0.05, 0) is 80.5 Å². The van der Waals surface area contributed by atoms with Crippen LogP contribution in [0, 0.1) is 13.8 Å². The molecule has 0 spiro atoms. The topological polar surface area (TPSA) is 70.4 Å². The molecule has 2 atom stereocenters. The Labute approximate surface area is 187 Å². The van der Waals surface area contributed by atoms with E-state index in [-0.39, 0.29) is 17.6 Å². The maximum Gasteiger partial charge on any atom is 0.335 e. The van der Waals surface area contributed by atoms with Crippen molar-refractivity contribution < 1.29 is 9.90 Å². The average Bonchev–Trinajstić information content (AvgIpc) is 3.24. The molecule has 4 rings (SSSR count). The number of aromatic carboxylic acids is 1. The molecule has 3 heterocycles. The Morgan fingerprint density at radius 3 is 2.55 bits per heavy atom. The quantitative estimate of drug-likeness (QED) is 0.554. The second kappa shape index (κ2) is 8.51. The lowest BCUT2D eigenvalue weighted by Crippen LogP contribution is -2.30. The van der Waals surface area contributed by atoms with Crippen LogP contribution in [0.3, 0.4) is 0 Å². The number of carbonyl (C=O) groups is 1. The third-order valence-corrected chi connectivity index (χ3v) is 6.18. The van der Waals surface area contributed by atoms with Crippen LogP contribution in [-0.2, 0) is 0 Å². The van der Waals surface area contributed by atoms with Crippen molar-refractivity contribution in [1.82, 2.24) is 19.8 Å². The zero-order chi connectivity index (χ0) is 22.1. The lowest BCUT2D eigenvalue weighted by molar-refractivity contribution is 0.0697. The molecule has 1 fully saturated rings. The molecule has 7 heteroatoms. The molecule has 2 unspecified atom stereocenters. The summed E-state index contributed by atoms with van der Waals surface area (Å²) in [5.41, 5.74) is 5.57. The van der Waals surface area contributed by atoms with Gasteiger partial charge in [0.1, 0.15) is 0 Å². The van der Waals surface area contributed by atoms with Gasteiger partial charge in [-0.25, -0.2) is 4.79 Å². The number of nitrogens with zero attached hydrogens (tertiary/aromatic N) is 3. The lowest BCUT2D eigenvalue weighted by Gasteiger charge is -2.27. The van der Waals surface area contributed by atoms with Gasteiger partial charge in [-0.3, -0.25) is 4.98 Å². The van der Waals surface area contributed by atoms with Crippen LogP contribution >= 0.6 is 12.2 Å². The van der Waals surface area contributed by atoms with Crippen molar-refractivity contribution in [3.8, 4) is 5.69 Å². The van der Waals surface area contributed by atoms with E-state index >= 15 is 0 Å². The highest BCUT2D eigenvalue weighted by Gasteiger charge is 2.40. The Balaban J connectivity index is 1.80. The summed E-state index contributed by atoms with van der Waals surface area (Å²) in [5, 5.41) is 13.4. The normalized spacial score (nSPS) is 18.3. The number of thiocarbonyl (C=S) groups is 1. The molecule has 160 valence electrons. The molecule has 0 aliphatic carbocycles. The summed E-state index contributed by atoms with van der Waals surface area (Å²) >= 11 is 5.70. The fourth-order valence-electron chi connectivity index (χ4n) is 4.46. The van der Waals surface area contributed by atoms with E-state index in [1.165, 1.54) is 5.56 Å². The number of rotatable bonds is 6. The Bertz CT molecular complexity index is 1110. The van der Waals surface area contributed by atoms with Crippen molar-refractivity contribution >= 4 is 23.3 Å². The van der Waals surface area contributed by atoms with Gasteiger partial charge >= 0.3 is 5.97 Å². The van der Waals surface area contributed by atoms with Crippen LogP contribution in [-0.4, -0.2) is 37.2 Å². The lowest BCUT2D eigenvalue weighted by atomic mass is 9.96. The fourth-order valence-corrected chi connectivity index (χ4v) is 4.79. The summed E-state index contributed by atoms with van der Waals surface area (Å²) in [4.78, 5) is 18.1. The number of aromatic nitrogens is 2. The number of hydrogen-bond donors (Lipinski definition) is 2. The first-order chi connectivity index (χ1) is 14.9. The summed E-state index contributed by atoms with van der Waals surface area (Å²) in [6.07, 6.45) is 2.80. The van der Waals surface area contributed by atoms with Gasteiger partial charge in [-0.1, -0.05) is 13.0 Å². The molecule has 3 aromatic rings. The molecule has 2 N–H and O–H groups in total. The van der Waals surface area contributed by atoms with Crippen LogP contribution in [0.2, 0.25) is 0 Å². The maximum atomic E-state index is 11.2. The van der Waals surface area contributed by atoms with Gasteiger partial charge in [-0.15, -0.1) is 0 Å². The van der Waals surface area contributed by atoms with Gasteiger partial charge in [0.15, 0.2) is 5.11 Å². The molecule has 0 radical (unpaired) electrons. The van der Waals surface area contributed by atoms with E-state index in [0.717, 1.165) is 40.8 Å². The van der Waals surface area contributed by atoms with E-state index in [9.17, 15) is 9.90 Å². The fraction of sp³-hybridized carbons (Fsp3) is 0.292. The van der Waals surface area contributed by atoms with E-state index in [1.54, 1.807) is 12.1 Å². The van der Waals surface area contributed by atoms with Gasteiger partial charge < -0.3 is 19.9 Å². The molecule has 31 heavy (non-hydrogen) atoms. The van der Waals surface area contributed by atoms with E-state index < -0.39 is 5.97 Å². The van der Waals surface area contributed by atoms with Crippen molar-refractivity contribution in [3.05, 3.63) is 82.9 Å². The van der Waals surface area contributed by atoms with Crippen LogP contribution in [0.15, 0.2) is 54.7 Å². The Hall–Kier alpha value is -3.19. The highest BCUT2D eigenvalue weighted by Crippen LogP contribution is 2.41. The number of carboxylic acids is 1. The minimum Gasteiger partial charge on any atom is -0.478 e. The van der Waals surface area contributed by atoms with Crippen LogP contribution in [0.5, 0.6) is 0 Å². The third kappa shape index (κ3) is 3.81. The van der Waals surface area contributed by atoms with Gasteiger partial charge in [-0.2, -0.15) is 0 Å². The number of hydrogen-bond acceptors (Lipinski definition) is 3. The second-order valence-corrected chi connectivity index (χ2v) is 8.22. The number of aryl methyl sites for hydroxylation is 1. The van der Waals surface area contributed by atoms with Crippen molar-refractivity contribution in [2.45, 2.75) is 39.3 Å².